The maximum absolute atomic E-state index is 15.1. The predicted octanol–water partition coefficient (Wildman–Crippen LogP) is 6.10. The summed E-state index contributed by atoms with van der Waals surface area (Å²) in [6.45, 7) is 9.66. The van der Waals surface area contributed by atoms with Gasteiger partial charge in [0.25, 0.3) is 11.6 Å². The number of nitrogens with zero attached hydrogens (tertiary/aromatic N) is 3. The Balaban J connectivity index is 1.22. The summed E-state index contributed by atoms with van der Waals surface area (Å²) in [5.41, 5.74) is 2.45. The van der Waals surface area contributed by atoms with Gasteiger partial charge in [0.15, 0.2) is 5.60 Å². The molecule has 3 N–H and O–H groups in total. The number of aliphatic hydroxyl groups is 2. The van der Waals surface area contributed by atoms with Gasteiger partial charge in [-0.1, -0.05) is 49.5 Å². The summed E-state index contributed by atoms with van der Waals surface area (Å²) in [4.78, 5) is 44.3. The molecule has 7 rings (SSSR count). The number of anilines is 3. The molecule has 1 spiro atoms. The van der Waals surface area contributed by atoms with Crippen molar-refractivity contribution in [3.63, 3.8) is 0 Å². The lowest BCUT2D eigenvalue weighted by Gasteiger charge is -2.37. The molecule has 1 fully saturated rings. The lowest BCUT2D eigenvalue weighted by molar-refractivity contribution is -0.385. The van der Waals surface area contributed by atoms with Crippen LogP contribution in [0.3, 0.4) is 0 Å². The Hall–Kier alpha value is -5.12. The Labute approximate surface area is 346 Å². The molecule has 13 nitrogen and oxygen atoms in total. The Morgan fingerprint density at radius 3 is 2.32 bits per heavy atom. The zero-order valence-electron chi connectivity index (χ0n) is 34.4. The molecule has 0 radical (unpaired) electrons. The first-order chi connectivity index (χ1) is 28.4. The molecule has 59 heavy (non-hydrogen) atoms. The zero-order valence-corrected chi connectivity index (χ0v) is 35.4. The third-order valence-electron chi connectivity index (χ3n) is 12.5. The molecule has 5 atom stereocenters. The first kappa shape index (κ1) is 42.0. The highest BCUT2D eigenvalue weighted by atomic mass is 28.3. The van der Waals surface area contributed by atoms with Crippen LogP contribution >= 0.6 is 0 Å². The van der Waals surface area contributed by atoms with E-state index in [9.17, 15) is 25.1 Å². The van der Waals surface area contributed by atoms with Gasteiger partial charge in [0.1, 0.15) is 11.5 Å². The van der Waals surface area contributed by atoms with E-state index in [0.717, 1.165) is 39.9 Å². The highest BCUT2D eigenvalue weighted by Gasteiger charge is 2.66. The highest BCUT2D eigenvalue weighted by Crippen LogP contribution is 2.60. The van der Waals surface area contributed by atoms with Crippen LogP contribution in [0.25, 0.3) is 0 Å². The van der Waals surface area contributed by atoms with Crippen LogP contribution in [0, 0.1) is 16.0 Å². The number of amides is 2. The number of carbonyl (C=O) groups is 2. The van der Waals surface area contributed by atoms with Crippen LogP contribution in [0.5, 0.6) is 11.5 Å². The molecule has 1 saturated heterocycles. The van der Waals surface area contributed by atoms with Crippen molar-refractivity contribution in [2.45, 2.75) is 82.5 Å². The maximum Gasteiger partial charge on any atom is 0.269 e. The van der Waals surface area contributed by atoms with Gasteiger partial charge >= 0.3 is 0 Å². The summed E-state index contributed by atoms with van der Waals surface area (Å²) in [6.07, 6.45) is 1.72. The second kappa shape index (κ2) is 17.2. The maximum atomic E-state index is 15.1. The molecule has 4 aromatic rings. The van der Waals surface area contributed by atoms with Gasteiger partial charge in [-0.2, -0.15) is 0 Å². The Morgan fingerprint density at radius 2 is 1.66 bits per heavy atom. The zero-order chi connectivity index (χ0) is 42.1. The highest BCUT2D eigenvalue weighted by molar-refractivity contribution is 6.91. The average molecular weight is 823 g/mol. The van der Waals surface area contributed by atoms with Gasteiger partial charge < -0.3 is 34.6 Å². The fourth-order valence-corrected chi connectivity index (χ4v) is 13.7. The number of hydrogen-bond acceptors (Lipinski definition) is 10. The standard InChI is InChI=1S/C45H54N4O9Si/c1-6-57-35-16-20-39-31(25-35)26-38(46-22-7-8-23-50)43(52)48(39)32-11-9-30(10-12-32)28-47-40-19-13-33(49(54)55)27-37(40)45(44(47)53)29(2)42(41(58-45)21-24-51)59(4,5)36-17-14-34(56-3)15-18-36/h9-20,25,27,29,38,41-42,46,50-51H,6-8,21-24,26,28H2,1-5H3/t29-,38?,41+,42-,45+/m1/s1. The van der Waals surface area contributed by atoms with E-state index in [1.54, 1.807) is 23.0 Å². The van der Waals surface area contributed by atoms with Gasteiger partial charge in [0.2, 0.25) is 5.91 Å². The van der Waals surface area contributed by atoms with Gasteiger partial charge in [0.05, 0.1) is 56.8 Å². The van der Waals surface area contributed by atoms with Gasteiger partial charge in [-0.3, -0.25) is 24.6 Å². The van der Waals surface area contributed by atoms with E-state index in [0.29, 0.717) is 49.4 Å². The number of nitrogens with one attached hydrogen (secondary N) is 1. The van der Waals surface area contributed by atoms with E-state index < -0.39 is 30.7 Å². The minimum atomic E-state index is -2.45. The first-order valence-corrected chi connectivity index (χ1v) is 23.5. The summed E-state index contributed by atoms with van der Waals surface area (Å²) < 4.78 is 18.2. The molecule has 0 aliphatic carbocycles. The lowest BCUT2D eigenvalue weighted by atomic mass is 9.82. The van der Waals surface area contributed by atoms with Crippen molar-refractivity contribution in [1.29, 1.82) is 0 Å². The largest absolute Gasteiger partial charge is 0.497 e. The molecule has 2 amide bonds. The molecule has 14 heteroatoms. The van der Waals surface area contributed by atoms with Crippen LogP contribution < -0.4 is 29.8 Å². The molecule has 1 unspecified atom stereocenters. The monoisotopic (exact) mass is 822 g/mol. The van der Waals surface area contributed by atoms with Crippen LogP contribution in [0.15, 0.2) is 84.9 Å². The summed E-state index contributed by atoms with van der Waals surface area (Å²) in [5.74, 6) is 0.696. The Bertz CT molecular complexity index is 2180. The molecule has 3 aliphatic heterocycles. The van der Waals surface area contributed by atoms with Crippen LogP contribution in [0.4, 0.5) is 22.7 Å². The van der Waals surface area contributed by atoms with Crippen molar-refractivity contribution in [2.24, 2.45) is 5.92 Å². The van der Waals surface area contributed by atoms with E-state index in [4.69, 9.17) is 14.2 Å². The van der Waals surface area contributed by atoms with Crippen molar-refractivity contribution in [3.8, 4) is 11.5 Å². The second-order valence-corrected chi connectivity index (χ2v) is 20.9. The minimum Gasteiger partial charge on any atom is -0.497 e. The van der Waals surface area contributed by atoms with Gasteiger partial charge in [-0.05, 0) is 104 Å². The number of benzene rings is 4. The number of aliphatic hydroxyl groups excluding tert-OH is 2. The normalized spacial score (nSPS) is 22.5. The van der Waals surface area contributed by atoms with Crippen molar-refractivity contribution in [1.82, 2.24) is 5.32 Å². The predicted molar refractivity (Wildman–Crippen MR) is 229 cm³/mol. The third-order valence-corrected chi connectivity index (χ3v) is 16.9. The number of unbranched alkanes of at least 4 members (excludes halogenated alkanes) is 1. The molecular weight excluding hydrogens is 769 g/mol. The molecule has 3 heterocycles. The molecule has 3 aliphatic rings. The van der Waals surface area contributed by atoms with Gasteiger partial charge in [-0.15, -0.1) is 0 Å². The molecule has 0 aromatic heterocycles. The SMILES string of the molecule is CCOc1ccc2c(c1)CC(NCCCCO)C(=O)N2c1ccc(CN2C(=O)[C@@]3(O[C@@H](CCO)[C@H]([Si](C)(C)c4ccc(OC)cc4)[C@H]3C)c3cc([N+](=O)[O-])ccc32)cc1. The summed E-state index contributed by atoms with van der Waals surface area (Å²) >= 11 is 0. The smallest absolute Gasteiger partial charge is 0.269 e. The number of ether oxygens (including phenoxy) is 3. The van der Waals surface area contributed by atoms with Crippen molar-refractivity contribution in [3.05, 3.63) is 112 Å². The van der Waals surface area contributed by atoms with E-state index in [2.05, 4.69) is 30.5 Å². The number of methoxy groups -OCH3 is 1. The third kappa shape index (κ3) is 7.64. The van der Waals surface area contributed by atoms with Crippen LogP contribution in [0.2, 0.25) is 18.6 Å². The fourth-order valence-electron chi connectivity index (χ4n) is 9.62. The first-order valence-electron chi connectivity index (χ1n) is 20.5. The molecule has 4 aromatic carbocycles. The average Bonchev–Trinajstić information content (AvgIpc) is 3.66. The quantitative estimate of drug-likeness (QED) is 0.0521. The minimum absolute atomic E-state index is 0.0916. The molecule has 0 saturated carbocycles. The van der Waals surface area contributed by atoms with Gasteiger partial charge in [-0.25, -0.2) is 0 Å². The number of nitro groups is 1. The van der Waals surface area contributed by atoms with Crippen molar-refractivity contribution >= 4 is 47.8 Å². The van der Waals surface area contributed by atoms with Crippen LogP contribution in [0.1, 0.15) is 49.8 Å². The van der Waals surface area contributed by atoms with E-state index in [-0.39, 0.29) is 48.7 Å². The topological polar surface area (TPSA) is 164 Å². The Kier molecular flexibility index (Phi) is 12.3. The number of carbonyl (C=O) groups excluding carboxylic acids is 2. The Morgan fingerprint density at radius 1 is 0.949 bits per heavy atom. The van der Waals surface area contributed by atoms with E-state index in [1.807, 2.05) is 68.4 Å². The number of fused-ring (bicyclic) bond motifs is 3. The molecule has 0 bridgehead atoms. The second-order valence-electron chi connectivity index (χ2n) is 16.2. The van der Waals surface area contributed by atoms with Crippen LogP contribution in [-0.4, -0.2) is 80.6 Å². The van der Waals surface area contributed by atoms with E-state index in [1.165, 1.54) is 12.1 Å². The van der Waals surface area contributed by atoms with Crippen molar-refractivity contribution in [2.75, 3.05) is 43.3 Å². The van der Waals surface area contributed by atoms with Crippen LogP contribution in [-0.2, 0) is 32.9 Å². The number of rotatable bonds is 16. The summed E-state index contributed by atoms with van der Waals surface area (Å²) in [7, 11) is -0.826. The summed E-state index contributed by atoms with van der Waals surface area (Å²) in [6, 6.07) is 25.4. The lowest BCUT2D eigenvalue weighted by Crippen LogP contribution is -2.51. The summed E-state index contributed by atoms with van der Waals surface area (Å²) in [5, 5.41) is 36.2. The number of non-ortho nitro benzene ring substituents is 1. The fraction of sp³-hybridized carbons (Fsp3) is 0.422. The number of hydrogen-bond donors (Lipinski definition) is 3. The van der Waals surface area contributed by atoms with E-state index >= 15 is 4.79 Å². The molecular formula is C45H54N4O9Si. The molecule has 312 valence electrons. The van der Waals surface area contributed by atoms with Gasteiger partial charge in [0, 0.05) is 42.5 Å². The number of nitro benzene ring substituents is 1. The van der Waals surface area contributed by atoms with Crippen molar-refractivity contribution < 1.29 is 38.9 Å².